The first kappa shape index (κ1) is 15.7. The normalized spacial score (nSPS) is 22.9. The molecule has 1 aliphatic heterocycles. The van der Waals surface area contributed by atoms with Crippen LogP contribution in [0.3, 0.4) is 0 Å². The largest absolute Gasteiger partial charge is 0.493 e. The summed E-state index contributed by atoms with van der Waals surface area (Å²) in [5.74, 6) is 1.68. The molecule has 4 nitrogen and oxygen atoms in total. The summed E-state index contributed by atoms with van der Waals surface area (Å²) in [6.07, 6.45) is 0. The van der Waals surface area contributed by atoms with Crippen molar-refractivity contribution in [1.82, 2.24) is 4.90 Å². The van der Waals surface area contributed by atoms with E-state index in [1.54, 1.807) is 14.2 Å². The van der Waals surface area contributed by atoms with E-state index in [0.29, 0.717) is 0 Å². The summed E-state index contributed by atoms with van der Waals surface area (Å²) in [5.41, 5.74) is 1.23. The van der Waals surface area contributed by atoms with Crippen LogP contribution in [0.4, 0.5) is 0 Å². The second kappa shape index (κ2) is 5.95. The van der Waals surface area contributed by atoms with Gasteiger partial charge in [0.05, 0.1) is 26.2 Å². The van der Waals surface area contributed by atoms with E-state index in [2.05, 4.69) is 31.7 Å². The molecule has 1 aliphatic rings. The molecule has 1 aromatic carbocycles. The average molecular weight is 288 g/mol. The van der Waals surface area contributed by atoms with Gasteiger partial charge in [-0.25, -0.2) is 0 Å². The molecule has 1 aromatic rings. The van der Waals surface area contributed by atoms with E-state index in [4.69, 9.17) is 9.47 Å². The van der Waals surface area contributed by atoms with Gasteiger partial charge in [-0.15, -0.1) is 0 Å². The highest BCUT2D eigenvalue weighted by atomic mass is 16.5. The van der Waals surface area contributed by atoms with E-state index in [0.717, 1.165) is 30.2 Å². The zero-order chi connectivity index (χ0) is 15.6. The van der Waals surface area contributed by atoms with Crippen molar-refractivity contribution in [3.8, 4) is 17.6 Å². The van der Waals surface area contributed by atoms with Crippen LogP contribution in [0.1, 0.15) is 32.3 Å². The Kier molecular flexibility index (Phi) is 4.43. The highest BCUT2D eigenvalue weighted by Crippen LogP contribution is 2.39. The SMILES string of the molecule is COc1ccc([C@@H]2CN(C(C)(C)C)C[C@H]2C#N)cc1OC. The van der Waals surface area contributed by atoms with E-state index >= 15 is 0 Å². The number of hydrogen-bond acceptors (Lipinski definition) is 4. The lowest BCUT2D eigenvalue weighted by Gasteiger charge is -2.31. The van der Waals surface area contributed by atoms with E-state index < -0.39 is 0 Å². The highest BCUT2D eigenvalue weighted by molar-refractivity contribution is 5.44. The van der Waals surface area contributed by atoms with Crippen molar-refractivity contribution in [1.29, 1.82) is 5.26 Å². The lowest BCUT2D eigenvalue weighted by atomic mass is 9.90. The minimum absolute atomic E-state index is 0.0160. The third kappa shape index (κ3) is 3.14. The van der Waals surface area contributed by atoms with Crippen LogP contribution in [0.5, 0.6) is 11.5 Å². The van der Waals surface area contributed by atoms with E-state index in [-0.39, 0.29) is 17.4 Å². The van der Waals surface area contributed by atoms with Gasteiger partial charge in [-0.05, 0) is 38.5 Å². The molecule has 0 unspecified atom stereocenters. The molecular weight excluding hydrogens is 264 g/mol. The molecule has 0 bridgehead atoms. The van der Waals surface area contributed by atoms with Crippen LogP contribution < -0.4 is 9.47 Å². The van der Waals surface area contributed by atoms with Crippen molar-refractivity contribution >= 4 is 0 Å². The van der Waals surface area contributed by atoms with E-state index in [1.165, 1.54) is 0 Å². The summed E-state index contributed by atoms with van der Waals surface area (Å²) in [5, 5.41) is 9.48. The molecule has 0 aromatic heterocycles. The van der Waals surface area contributed by atoms with Gasteiger partial charge in [0.25, 0.3) is 0 Å². The molecule has 1 saturated heterocycles. The zero-order valence-corrected chi connectivity index (χ0v) is 13.5. The third-order valence-electron chi connectivity index (χ3n) is 4.27. The number of nitrogens with zero attached hydrogens (tertiary/aromatic N) is 2. The Morgan fingerprint density at radius 3 is 2.33 bits per heavy atom. The second-order valence-corrected chi connectivity index (χ2v) is 6.53. The van der Waals surface area contributed by atoms with Gasteiger partial charge < -0.3 is 9.47 Å². The highest BCUT2D eigenvalue weighted by Gasteiger charge is 2.38. The Bertz CT molecular complexity index is 543. The van der Waals surface area contributed by atoms with Crippen LogP contribution in [0.15, 0.2) is 18.2 Å². The summed E-state index contributed by atoms with van der Waals surface area (Å²) >= 11 is 0. The van der Waals surface area contributed by atoms with Gasteiger partial charge in [0.1, 0.15) is 0 Å². The fourth-order valence-corrected chi connectivity index (χ4v) is 2.90. The Morgan fingerprint density at radius 2 is 1.81 bits per heavy atom. The maximum atomic E-state index is 9.48. The lowest BCUT2D eigenvalue weighted by Crippen LogP contribution is -2.39. The second-order valence-electron chi connectivity index (χ2n) is 6.53. The van der Waals surface area contributed by atoms with Gasteiger partial charge in [-0.3, -0.25) is 4.90 Å². The lowest BCUT2D eigenvalue weighted by molar-refractivity contribution is 0.170. The van der Waals surface area contributed by atoms with E-state index in [9.17, 15) is 5.26 Å². The number of ether oxygens (including phenoxy) is 2. The third-order valence-corrected chi connectivity index (χ3v) is 4.27. The van der Waals surface area contributed by atoms with Crippen molar-refractivity contribution in [3.05, 3.63) is 23.8 Å². The smallest absolute Gasteiger partial charge is 0.160 e. The Hall–Kier alpha value is -1.73. The maximum Gasteiger partial charge on any atom is 0.160 e. The summed E-state index contributed by atoms with van der Waals surface area (Å²) in [4.78, 5) is 2.38. The van der Waals surface area contributed by atoms with E-state index in [1.807, 2.05) is 18.2 Å². The molecule has 0 radical (unpaired) electrons. The van der Waals surface area contributed by atoms with Crippen LogP contribution in [-0.2, 0) is 0 Å². The molecule has 1 fully saturated rings. The van der Waals surface area contributed by atoms with Crippen LogP contribution in [-0.4, -0.2) is 37.7 Å². The first-order chi connectivity index (χ1) is 9.90. The van der Waals surface area contributed by atoms with Crippen molar-refractivity contribution in [2.75, 3.05) is 27.3 Å². The topological polar surface area (TPSA) is 45.5 Å². The van der Waals surface area contributed by atoms with Crippen LogP contribution >= 0.6 is 0 Å². The number of nitriles is 1. The van der Waals surface area contributed by atoms with Gasteiger partial charge in [0, 0.05) is 24.5 Å². The Balaban J connectivity index is 2.30. The van der Waals surface area contributed by atoms with Crippen LogP contribution in [0.2, 0.25) is 0 Å². The Morgan fingerprint density at radius 1 is 1.14 bits per heavy atom. The standard InChI is InChI=1S/C17H24N2O2/c1-17(2,3)19-10-13(9-18)14(11-19)12-6-7-15(20-4)16(8-12)21-5/h6-8,13-14H,10-11H2,1-5H3/t13-,14+/m1/s1. The molecule has 0 aliphatic carbocycles. The predicted octanol–water partition coefficient (Wildman–Crippen LogP) is 3.04. The molecule has 0 N–H and O–H groups in total. The summed E-state index contributed by atoms with van der Waals surface area (Å²) in [6, 6.07) is 8.43. The first-order valence-corrected chi connectivity index (χ1v) is 7.27. The number of likely N-dealkylation sites (tertiary alicyclic amines) is 1. The van der Waals surface area contributed by atoms with Gasteiger partial charge in [0.2, 0.25) is 0 Å². The molecule has 4 heteroatoms. The molecule has 21 heavy (non-hydrogen) atoms. The van der Waals surface area contributed by atoms with Gasteiger partial charge in [-0.1, -0.05) is 6.07 Å². The quantitative estimate of drug-likeness (QED) is 0.857. The van der Waals surface area contributed by atoms with Crippen LogP contribution in [0, 0.1) is 17.2 Å². The molecule has 0 amide bonds. The monoisotopic (exact) mass is 288 g/mol. The molecule has 2 atom stereocenters. The fraction of sp³-hybridized carbons (Fsp3) is 0.588. The number of benzene rings is 1. The summed E-state index contributed by atoms with van der Waals surface area (Å²) in [6.45, 7) is 8.30. The van der Waals surface area contributed by atoms with Crippen LogP contribution in [0.25, 0.3) is 0 Å². The minimum Gasteiger partial charge on any atom is -0.493 e. The molecule has 0 spiro atoms. The summed E-state index contributed by atoms with van der Waals surface area (Å²) in [7, 11) is 3.27. The van der Waals surface area contributed by atoms with Crippen molar-refractivity contribution in [2.24, 2.45) is 5.92 Å². The average Bonchev–Trinajstić information content (AvgIpc) is 2.90. The number of rotatable bonds is 3. The summed E-state index contributed by atoms with van der Waals surface area (Å²) < 4.78 is 10.7. The molecule has 2 rings (SSSR count). The zero-order valence-electron chi connectivity index (χ0n) is 13.5. The van der Waals surface area contributed by atoms with Gasteiger partial charge in [-0.2, -0.15) is 5.26 Å². The molecule has 1 heterocycles. The Labute approximate surface area is 127 Å². The van der Waals surface area contributed by atoms with Crippen molar-refractivity contribution in [2.45, 2.75) is 32.2 Å². The van der Waals surface area contributed by atoms with Gasteiger partial charge in [0.15, 0.2) is 11.5 Å². The molecule has 0 saturated carbocycles. The number of hydrogen-bond donors (Lipinski definition) is 0. The van der Waals surface area contributed by atoms with Crippen molar-refractivity contribution in [3.63, 3.8) is 0 Å². The fourth-order valence-electron chi connectivity index (χ4n) is 2.90. The van der Waals surface area contributed by atoms with Crippen molar-refractivity contribution < 1.29 is 9.47 Å². The first-order valence-electron chi connectivity index (χ1n) is 7.27. The van der Waals surface area contributed by atoms with Gasteiger partial charge >= 0.3 is 0 Å². The molecule has 114 valence electrons. The minimum atomic E-state index is 0.0160. The maximum absolute atomic E-state index is 9.48. The predicted molar refractivity (Wildman–Crippen MR) is 82.7 cm³/mol. The molecular formula is C17H24N2O2. The number of methoxy groups -OCH3 is 2.